The van der Waals surface area contributed by atoms with Crippen molar-refractivity contribution in [2.24, 2.45) is 0 Å². The zero-order chi connectivity index (χ0) is 17.2. The SMILES string of the molecule is Cc1cc(NCCN2CCNCC2)n2c(nc3ccccc32)c1C#N. The molecule has 0 amide bonds. The Morgan fingerprint density at radius 2 is 2.08 bits per heavy atom. The molecule has 0 aliphatic carbocycles. The second-order valence-corrected chi connectivity index (χ2v) is 6.48. The number of para-hydroxylation sites is 2. The van der Waals surface area contributed by atoms with Crippen molar-refractivity contribution in [2.45, 2.75) is 6.92 Å². The number of hydrogen-bond donors (Lipinski definition) is 2. The summed E-state index contributed by atoms with van der Waals surface area (Å²) >= 11 is 0. The lowest BCUT2D eigenvalue weighted by atomic mass is 10.1. The van der Waals surface area contributed by atoms with Crippen molar-refractivity contribution in [3.8, 4) is 6.07 Å². The lowest BCUT2D eigenvalue weighted by Crippen LogP contribution is -2.45. The fraction of sp³-hybridized carbons (Fsp3) is 0.368. The van der Waals surface area contributed by atoms with Crippen LogP contribution in [0.4, 0.5) is 5.82 Å². The maximum Gasteiger partial charge on any atom is 0.157 e. The Hall–Kier alpha value is -2.62. The number of nitrogens with one attached hydrogen (secondary N) is 2. The van der Waals surface area contributed by atoms with Gasteiger partial charge in [-0.05, 0) is 30.7 Å². The average Bonchev–Trinajstić information content (AvgIpc) is 3.02. The molecule has 3 aromatic rings. The molecule has 1 fully saturated rings. The lowest BCUT2D eigenvalue weighted by Gasteiger charge is -2.27. The molecule has 0 spiro atoms. The summed E-state index contributed by atoms with van der Waals surface area (Å²) in [4.78, 5) is 7.15. The molecule has 1 aliphatic heterocycles. The molecule has 0 radical (unpaired) electrons. The van der Waals surface area contributed by atoms with Crippen LogP contribution in [0.2, 0.25) is 0 Å². The van der Waals surface area contributed by atoms with Crippen molar-refractivity contribution in [3.05, 3.63) is 41.5 Å². The molecule has 1 aliphatic rings. The van der Waals surface area contributed by atoms with Gasteiger partial charge in [-0.1, -0.05) is 12.1 Å². The van der Waals surface area contributed by atoms with Crippen LogP contribution in [-0.2, 0) is 0 Å². The summed E-state index contributed by atoms with van der Waals surface area (Å²) in [7, 11) is 0. The minimum Gasteiger partial charge on any atom is -0.370 e. The van der Waals surface area contributed by atoms with Crippen LogP contribution in [0, 0.1) is 18.3 Å². The van der Waals surface area contributed by atoms with Crippen molar-refractivity contribution in [2.75, 3.05) is 44.6 Å². The first-order valence-electron chi connectivity index (χ1n) is 8.76. The third-order valence-corrected chi connectivity index (χ3v) is 4.83. The number of rotatable bonds is 4. The number of anilines is 1. The van der Waals surface area contributed by atoms with Crippen LogP contribution in [0.15, 0.2) is 30.3 Å². The molecule has 0 bridgehead atoms. The van der Waals surface area contributed by atoms with E-state index in [-0.39, 0.29) is 0 Å². The molecule has 0 atom stereocenters. The van der Waals surface area contributed by atoms with Gasteiger partial charge < -0.3 is 10.6 Å². The Balaban J connectivity index is 1.69. The molecule has 3 heterocycles. The fourth-order valence-electron chi connectivity index (χ4n) is 3.50. The number of aryl methyl sites for hydroxylation is 1. The molecule has 128 valence electrons. The third kappa shape index (κ3) is 2.93. The van der Waals surface area contributed by atoms with Gasteiger partial charge in [0.15, 0.2) is 5.65 Å². The minimum atomic E-state index is 0.642. The Morgan fingerprint density at radius 3 is 2.88 bits per heavy atom. The molecule has 2 aromatic heterocycles. The number of hydrogen-bond acceptors (Lipinski definition) is 5. The summed E-state index contributed by atoms with van der Waals surface area (Å²) in [6, 6.07) is 12.4. The predicted molar refractivity (Wildman–Crippen MR) is 99.9 cm³/mol. The molecule has 0 saturated carbocycles. The van der Waals surface area contributed by atoms with Gasteiger partial charge in [-0.2, -0.15) is 5.26 Å². The summed E-state index contributed by atoms with van der Waals surface area (Å²) in [6.45, 7) is 8.16. The normalized spacial score (nSPS) is 15.5. The highest BCUT2D eigenvalue weighted by atomic mass is 15.2. The van der Waals surface area contributed by atoms with Gasteiger partial charge in [-0.3, -0.25) is 9.30 Å². The van der Waals surface area contributed by atoms with Crippen molar-refractivity contribution in [1.82, 2.24) is 19.6 Å². The fourth-order valence-corrected chi connectivity index (χ4v) is 3.50. The Kier molecular flexibility index (Phi) is 4.26. The van der Waals surface area contributed by atoms with Crippen LogP contribution in [0.5, 0.6) is 0 Å². The standard InChI is InChI=1S/C19H22N6/c1-14-12-18(22-8-11-24-9-6-21-7-10-24)25-17-5-3-2-4-16(17)23-19(25)15(14)13-20/h2-5,12,21-22H,6-11H2,1H3. The van der Waals surface area contributed by atoms with E-state index in [0.717, 1.165) is 67.3 Å². The van der Waals surface area contributed by atoms with E-state index in [2.05, 4.69) is 37.1 Å². The number of piperazine rings is 1. The Labute approximate surface area is 147 Å². The van der Waals surface area contributed by atoms with Crippen molar-refractivity contribution in [3.63, 3.8) is 0 Å². The molecule has 6 heteroatoms. The van der Waals surface area contributed by atoms with E-state index < -0.39 is 0 Å². The van der Waals surface area contributed by atoms with Crippen LogP contribution in [0.1, 0.15) is 11.1 Å². The Bertz CT molecular complexity index is 946. The lowest BCUT2D eigenvalue weighted by molar-refractivity contribution is 0.249. The first-order valence-corrected chi connectivity index (χ1v) is 8.76. The number of imidazole rings is 1. The molecular weight excluding hydrogens is 312 g/mol. The Morgan fingerprint density at radius 1 is 1.28 bits per heavy atom. The largest absolute Gasteiger partial charge is 0.370 e. The second kappa shape index (κ2) is 6.71. The van der Waals surface area contributed by atoms with E-state index in [1.165, 1.54) is 0 Å². The van der Waals surface area contributed by atoms with Crippen molar-refractivity contribution < 1.29 is 0 Å². The molecule has 2 N–H and O–H groups in total. The third-order valence-electron chi connectivity index (χ3n) is 4.83. The van der Waals surface area contributed by atoms with Crippen LogP contribution in [-0.4, -0.2) is 53.6 Å². The van der Waals surface area contributed by atoms with Gasteiger partial charge in [0.1, 0.15) is 11.9 Å². The average molecular weight is 334 g/mol. The van der Waals surface area contributed by atoms with Gasteiger partial charge in [0.05, 0.1) is 16.6 Å². The van der Waals surface area contributed by atoms with E-state index in [0.29, 0.717) is 5.56 Å². The van der Waals surface area contributed by atoms with Gasteiger partial charge in [-0.15, -0.1) is 0 Å². The van der Waals surface area contributed by atoms with Crippen LogP contribution in [0.3, 0.4) is 0 Å². The highest BCUT2D eigenvalue weighted by Crippen LogP contribution is 2.26. The van der Waals surface area contributed by atoms with E-state index in [9.17, 15) is 5.26 Å². The number of benzene rings is 1. The van der Waals surface area contributed by atoms with Crippen LogP contribution >= 0.6 is 0 Å². The zero-order valence-corrected chi connectivity index (χ0v) is 14.4. The maximum atomic E-state index is 9.54. The van der Waals surface area contributed by atoms with Crippen LogP contribution < -0.4 is 10.6 Å². The molecular formula is C19H22N6. The highest BCUT2D eigenvalue weighted by Gasteiger charge is 2.15. The van der Waals surface area contributed by atoms with Gasteiger partial charge in [0, 0.05) is 39.3 Å². The second-order valence-electron chi connectivity index (χ2n) is 6.48. The summed E-state index contributed by atoms with van der Waals surface area (Å²) in [5.41, 5.74) is 4.26. The number of nitriles is 1. The molecule has 6 nitrogen and oxygen atoms in total. The first kappa shape index (κ1) is 15.9. The van der Waals surface area contributed by atoms with Gasteiger partial charge >= 0.3 is 0 Å². The van der Waals surface area contributed by atoms with Gasteiger partial charge in [0.25, 0.3) is 0 Å². The molecule has 1 aromatic carbocycles. The van der Waals surface area contributed by atoms with E-state index in [1.54, 1.807) is 0 Å². The zero-order valence-electron chi connectivity index (χ0n) is 14.4. The summed E-state index contributed by atoms with van der Waals surface area (Å²) < 4.78 is 2.07. The highest BCUT2D eigenvalue weighted by molar-refractivity contribution is 5.85. The van der Waals surface area contributed by atoms with E-state index in [1.807, 2.05) is 31.2 Å². The smallest absolute Gasteiger partial charge is 0.157 e. The topological polar surface area (TPSA) is 68.4 Å². The van der Waals surface area contributed by atoms with Gasteiger partial charge in [0.2, 0.25) is 0 Å². The number of fused-ring (bicyclic) bond motifs is 3. The number of aromatic nitrogens is 2. The number of pyridine rings is 1. The first-order chi connectivity index (χ1) is 12.3. The maximum absolute atomic E-state index is 9.54. The summed E-state index contributed by atoms with van der Waals surface area (Å²) in [5.74, 6) is 0.996. The monoisotopic (exact) mass is 334 g/mol. The minimum absolute atomic E-state index is 0.642. The quantitative estimate of drug-likeness (QED) is 0.764. The molecule has 4 rings (SSSR count). The molecule has 1 saturated heterocycles. The van der Waals surface area contributed by atoms with E-state index in [4.69, 9.17) is 0 Å². The molecule has 25 heavy (non-hydrogen) atoms. The van der Waals surface area contributed by atoms with Gasteiger partial charge in [-0.25, -0.2) is 4.98 Å². The van der Waals surface area contributed by atoms with E-state index >= 15 is 0 Å². The summed E-state index contributed by atoms with van der Waals surface area (Å²) in [6.07, 6.45) is 0. The summed E-state index contributed by atoms with van der Waals surface area (Å²) in [5, 5.41) is 16.5. The van der Waals surface area contributed by atoms with Crippen LogP contribution in [0.25, 0.3) is 16.7 Å². The van der Waals surface area contributed by atoms with Crippen molar-refractivity contribution in [1.29, 1.82) is 5.26 Å². The predicted octanol–water partition coefficient (Wildman–Crippen LogP) is 1.98. The number of nitrogens with zero attached hydrogens (tertiary/aromatic N) is 4. The molecule has 0 unspecified atom stereocenters. The van der Waals surface area contributed by atoms with Crippen molar-refractivity contribution >= 4 is 22.5 Å².